The highest BCUT2D eigenvalue weighted by Crippen LogP contribution is 2.34. The maximum Gasteiger partial charge on any atom is 0.340 e. The normalized spacial score (nSPS) is 15.5. The Morgan fingerprint density at radius 3 is 2.48 bits per heavy atom. The van der Waals surface area contributed by atoms with Crippen molar-refractivity contribution in [2.24, 2.45) is 0 Å². The van der Waals surface area contributed by atoms with Crippen LogP contribution in [-0.2, 0) is 19.1 Å². The topological polar surface area (TPSA) is 74.3 Å². The molecule has 2 rings (SSSR count). The van der Waals surface area contributed by atoms with Crippen LogP contribution in [0.4, 0.5) is 0 Å². The van der Waals surface area contributed by atoms with Gasteiger partial charge in [0.05, 0.1) is 32.5 Å². The molecule has 0 aromatic heterocycles. The number of allylic oxidation sites excluding steroid dienone is 1. The maximum atomic E-state index is 13.0. The van der Waals surface area contributed by atoms with Gasteiger partial charge in [0.1, 0.15) is 11.5 Å². The van der Waals surface area contributed by atoms with Crippen molar-refractivity contribution in [2.45, 2.75) is 13.3 Å². The third-order valence-electron chi connectivity index (χ3n) is 4.37. The number of benzene rings is 1. The molecule has 1 amide bonds. The Hall–Kier alpha value is -2.80. The van der Waals surface area contributed by atoms with Crippen LogP contribution in [0.1, 0.15) is 18.9 Å². The highest BCUT2D eigenvalue weighted by molar-refractivity contribution is 6.16. The Bertz CT molecular complexity index is 781. The van der Waals surface area contributed by atoms with E-state index < -0.39 is 5.97 Å². The molecule has 1 aliphatic heterocycles. The van der Waals surface area contributed by atoms with Crippen LogP contribution in [0.25, 0.3) is 6.08 Å². The zero-order chi connectivity index (χ0) is 20.0. The lowest BCUT2D eigenvalue weighted by atomic mass is 10.0. The zero-order valence-electron chi connectivity index (χ0n) is 16.3. The van der Waals surface area contributed by atoms with Crippen LogP contribution in [0.5, 0.6) is 11.5 Å². The maximum absolute atomic E-state index is 13.0. The second-order valence-electron chi connectivity index (χ2n) is 5.92. The van der Waals surface area contributed by atoms with Crippen molar-refractivity contribution in [3.8, 4) is 11.5 Å². The lowest BCUT2D eigenvalue weighted by Crippen LogP contribution is -2.26. The molecule has 0 aliphatic carbocycles. The summed E-state index contributed by atoms with van der Waals surface area (Å²) in [6.07, 6.45) is 2.29. The predicted molar refractivity (Wildman–Crippen MR) is 100 cm³/mol. The van der Waals surface area contributed by atoms with E-state index in [-0.39, 0.29) is 17.1 Å². The van der Waals surface area contributed by atoms with Crippen molar-refractivity contribution in [2.75, 3.05) is 41.6 Å². The minimum absolute atomic E-state index is 0.254. The van der Waals surface area contributed by atoms with E-state index in [1.54, 1.807) is 57.4 Å². The Balaban J connectivity index is 2.51. The molecule has 1 heterocycles. The second kappa shape index (κ2) is 9.23. The monoisotopic (exact) mass is 375 g/mol. The minimum atomic E-state index is -0.553. The van der Waals surface area contributed by atoms with Crippen LogP contribution < -0.4 is 9.47 Å². The standard InChI is InChI=1S/C20H25NO6/c1-13-18(20(23)27-5)16(19(22)21(13)9-6-10-24-2)12-14-11-15(25-3)7-8-17(14)26-4/h7-8,11-12H,6,9-10H2,1-5H3. The number of esters is 1. The first-order chi connectivity index (χ1) is 13.0. The lowest BCUT2D eigenvalue weighted by molar-refractivity contribution is -0.136. The molecule has 0 spiro atoms. The van der Waals surface area contributed by atoms with E-state index in [4.69, 9.17) is 18.9 Å². The predicted octanol–water partition coefficient (Wildman–Crippen LogP) is 2.41. The molecular weight excluding hydrogens is 350 g/mol. The first-order valence-electron chi connectivity index (χ1n) is 8.52. The van der Waals surface area contributed by atoms with Gasteiger partial charge in [-0.3, -0.25) is 4.79 Å². The lowest BCUT2D eigenvalue weighted by Gasteiger charge is -2.17. The van der Waals surface area contributed by atoms with E-state index in [2.05, 4.69) is 0 Å². The Labute approximate surface area is 159 Å². The molecule has 1 aromatic carbocycles. The molecule has 7 nitrogen and oxygen atoms in total. The second-order valence-corrected chi connectivity index (χ2v) is 5.92. The minimum Gasteiger partial charge on any atom is -0.497 e. The SMILES string of the molecule is COCCCN1C(=O)C(=Cc2cc(OC)ccc2OC)C(C(=O)OC)=C1C. The molecule has 0 N–H and O–H groups in total. The van der Waals surface area contributed by atoms with Gasteiger partial charge in [-0.15, -0.1) is 0 Å². The Morgan fingerprint density at radius 2 is 1.89 bits per heavy atom. The Kier molecular flexibility index (Phi) is 7.01. The average molecular weight is 375 g/mol. The molecule has 27 heavy (non-hydrogen) atoms. The highest BCUT2D eigenvalue weighted by Gasteiger charge is 2.36. The largest absolute Gasteiger partial charge is 0.497 e. The molecule has 7 heteroatoms. The molecule has 146 valence electrons. The number of methoxy groups -OCH3 is 4. The van der Waals surface area contributed by atoms with Gasteiger partial charge in [-0.25, -0.2) is 4.79 Å². The van der Waals surface area contributed by atoms with Gasteiger partial charge in [0.15, 0.2) is 0 Å². The van der Waals surface area contributed by atoms with Crippen LogP contribution in [0.2, 0.25) is 0 Å². The summed E-state index contributed by atoms with van der Waals surface area (Å²) in [4.78, 5) is 26.9. The van der Waals surface area contributed by atoms with Crippen molar-refractivity contribution >= 4 is 18.0 Å². The van der Waals surface area contributed by atoms with E-state index in [0.717, 1.165) is 0 Å². The third-order valence-corrected chi connectivity index (χ3v) is 4.37. The first-order valence-corrected chi connectivity index (χ1v) is 8.52. The average Bonchev–Trinajstić information content (AvgIpc) is 2.91. The van der Waals surface area contributed by atoms with Crippen molar-refractivity contribution in [3.63, 3.8) is 0 Å². The number of carbonyl (C=O) groups is 2. The molecule has 0 radical (unpaired) electrons. The summed E-state index contributed by atoms with van der Waals surface area (Å²) in [5.41, 5.74) is 1.72. The van der Waals surface area contributed by atoms with Gasteiger partial charge in [-0.2, -0.15) is 0 Å². The van der Waals surface area contributed by atoms with Crippen LogP contribution in [0.15, 0.2) is 35.0 Å². The van der Waals surface area contributed by atoms with Crippen LogP contribution >= 0.6 is 0 Å². The smallest absolute Gasteiger partial charge is 0.340 e. The molecule has 0 bridgehead atoms. The summed E-state index contributed by atoms with van der Waals surface area (Å²) in [5, 5.41) is 0. The summed E-state index contributed by atoms with van der Waals surface area (Å²) in [5.74, 6) is 0.373. The van der Waals surface area contributed by atoms with Crippen molar-refractivity contribution < 1.29 is 28.5 Å². The number of hydrogen-bond acceptors (Lipinski definition) is 6. The van der Waals surface area contributed by atoms with E-state index >= 15 is 0 Å². The molecule has 0 atom stereocenters. The van der Waals surface area contributed by atoms with E-state index in [0.29, 0.717) is 42.3 Å². The summed E-state index contributed by atoms with van der Waals surface area (Å²) >= 11 is 0. The number of ether oxygens (including phenoxy) is 4. The van der Waals surface area contributed by atoms with Gasteiger partial charge in [0.2, 0.25) is 0 Å². The van der Waals surface area contributed by atoms with Crippen molar-refractivity contribution in [1.82, 2.24) is 4.90 Å². The van der Waals surface area contributed by atoms with Gasteiger partial charge in [-0.1, -0.05) is 0 Å². The summed E-state index contributed by atoms with van der Waals surface area (Å²) in [6.45, 7) is 2.71. The summed E-state index contributed by atoms with van der Waals surface area (Å²) in [6, 6.07) is 5.25. The molecule has 0 saturated heterocycles. The summed E-state index contributed by atoms with van der Waals surface area (Å²) in [7, 11) is 6.00. The zero-order valence-corrected chi connectivity index (χ0v) is 16.3. The third kappa shape index (κ3) is 4.31. The molecule has 0 saturated carbocycles. The van der Waals surface area contributed by atoms with Crippen LogP contribution in [0.3, 0.4) is 0 Å². The van der Waals surface area contributed by atoms with Crippen molar-refractivity contribution in [3.05, 3.63) is 40.6 Å². The van der Waals surface area contributed by atoms with Crippen LogP contribution in [-0.4, -0.2) is 58.4 Å². The van der Waals surface area contributed by atoms with E-state index in [9.17, 15) is 9.59 Å². The fourth-order valence-electron chi connectivity index (χ4n) is 2.97. The molecule has 0 unspecified atom stereocenters. The number of nitrogens with zero attached hydrogens (tertiary/aromatic N) is 1. The van der Waals surface area contributed by atoms with Crippen molar-refractivity contribution in [1.29, 1.82) is 0 Å². The van der Waals surface area contributed by atoms with E-state index in [1.807, 2.05) is 0 Å². The van der Waals surface area contributed by atoms with Gasteiger partial charge < -0.3 is 23.8 Å². The molecular formula is C20H25NO6. The number of hydrogen-bond donors (Lipinski definition) is 0. The highest BCUT2D eigenvalue weighted by atomic mass is 16.5. The Morgan fingerprint density at radius 1 is 1.15 bits per heavy atom. The van der Waals surface area contributed by atoms with Gasteiger partial charge in [0, 0.05) is 31.5 Å². The van der Waals surface area contributed by atoms with Gasteiger partial charge in [-0.05, 0) is 37.6 Å². The number of rotatable bonds is 8. The fourth-order valence-corrected chi connectivity index (χ4v) is 2.97. The molecule has 0 fully saturated rings. The fraction of sp³-hybridized carbons (Fsp3) is 0.400. The molecule has 1 aliphatic rings. The van der Waals surface area contributed by atoms with Gasteiger partial charge in [0.25, 0.3) is 5.91 Å². The van der Waals surface area contributed by atoms with E-state index in [1.165, 1.54) is 7.11 Å². The summed E-state index contributed by atoms with van der Waals surface area (Å²) < 4.78 is 20.6. The molecule has 1 aromatic rings. The number of amides is 1. The number of carbonyl (C=O) groups excluding carboxylic acids is 2. The first kappa shape index (κ1) is 20.5. The van der Waals surface area contributed by atoms with Gasteiger partial charge >= 0.3 is 5.97 Å². The van der Waals surface area contributed by atoms with Crippen LogP contribution in [0, 0.1) is 0 Å². The quantitative estimate of drug-likeness (QED) is 0.395.